The maximum absolute atomic E-state index is 12.5. The third-order valence-corrected chi connectivity index (χ3v) is 3.58. The van der Waals surface area contributed by atoms with Crippen LogP contribution in [0.2, 0.25) is 0 Å². The van der Waals surface area contributed by atoms with Crippen LogP contribution in [0.5, 0.6) is 0 Å². The van der Waals surface area contributed by atoms with Gasteiger partial charge in [-0.2, -0.15) is 0 Å². The molecule has 7 heteroatoms. The number of ether oxygens (including phenoxy) is 2. The summed E-state index contributed by atoms with van der Waals surface area (Å²) in [4.78, 5) is 35.8. The van der Waals surface area contributed by atoms with Gasteiger partial charge in [0.1, 0.15) is 18.6 Å². The first-order chi connectivity index (χ1) is 12.1. The van der Waals surface area contributed by atoms with Gasteiger partial charge in [0.15, 0.2) is 5.78 Å². The molecule has 2 atom stereocenters. The molecule has 1 amide bonds. The molecule has 1 rings (SSSR count). The van der Waals surface area contributed by atoms with Crippen molar-refractivity contribution in [2.24, 2.45) is 5.92 Å². The molecule has 0 saturated carbocycles. The van der Waals surface area contributed by atoms with Crippen molar-refractivity contribution >= 4 is 17.8 Å². The zero-order chi connectivity index (χ0) is 19.7. The Kier molecular flexibility index (Phi) is 8.25. The molecule has 0 spiro atoms. The number of Topliss-reactive ketones (excluding diaryl/α,β-unsaturated/α-hetero) is 1. The number of rotatable bonds is 9. The number of hydrogen-bond donors (Lipinski definition) is 2. The summed E-state index contributed by atoms with van der Waals surface area (Å²) in [5, 5.41) is 11.6. The molecule has 0 heterocycles. The van der Waals surface area contributed by atoms with Gasteiger partial charge in [-0.05, 0) is 32.8 Å². The van der Waals surface area contributed by atoms with E-state index in [0.29, 0.717) is 0 Å². The van der Waals surface area contributed by atoms with Crippen molar-refractivity contribution in [3.63, 3.8) is 0 Å². The molecule has 0 aromatic heterocycles. The molecule has 26 heavy (non-hydrogen) atoms. The van der Waals surface area contributed by atoms with E-state index in [1.54, 1.807) is 39.8 Å². The van der Waals surface area contributed by atoms with Crippen LogP contribution in [-0.2, 0) is 25.7 Å². The summed E-state index contributed by atoms with van der Waals surface area (Å²) in [6.45, 7) is 6.92. The van der Waals surface area contributed by atoms with Crippen molar-refractivity contribution in [1.29, 1.82) is 0 Å². The van der Waals surface area contributed by atoms with Crippen molar-refractivity contribution in [2.45, 2.75) is 52.4 Å². The molecule has 7 nitrogen and oxygen atoms in total. The van der Waals surface area contributed by atoms with Gasteiger partial charge < -0.3 is 19.9 Å². The van der Waals surface area contributed by atoms with Crippen LogP contribution in [0.25, 0.3) is 0 Å². The fourth-order valence-corrected chi connectivity index (χ4v) is 2.18. The zero-order valence-corrected chi connectivity index (χ0v) is 15.7. The molecule has 1 aromatic carbocycles. The van der Waals surface area contributed by atoms with Gasteiger partial charge in [0.05, 0.1) is 12.2 Å². The molecular formula is C19H27NO6. The van der Waals surface area contributed by atoms with E-state index in [1.807, 2.05) is 18.2 Å². The van der Waals surface area contributed by atoms with E-state index in [-0.39, 0.29) is 19.6 Å². The molecule has 1 unspecified atom stereocenters. The predicted octanol–water partition coefficient (Wildman–Crippen LogP) is 2.78. The summed E-state index contributed by atoms with van der Waals surface area (Å²) >= 11 is 0. The summed E-state index contributed by atoms with van der Waals surface area (Å²) in [5.74, 6) is -3.04. The van der Waals surface area contributed by atoms with Crippen molar-refractivity contribution in [3.05, 3.63) is 35.9 Å². The van der Waals surface area contributed by atoms with Crippen molar-refractivity contribution in [1.82, 2.24) is 5.32 Å². The second-order valence-electron chi connectivity index (χ2n) is 6.88. The van der Waals surface area contributed by atoms with Crippen molar-refractivity contribution in [2.75, 3.05) is 6.61 Å². The van der Waals surface area contributed by atoms with Crippen LogP contribution in [0, 0.1) is 5.92 Å². The zero-order valence-electron chi connectivity index (χ0n) is 15.7. The lowest BCUT2D eigenvalue weighted by Gasteiger charge is -2.25. The Hall–Kier alpha value is -2.41. The van der Waals surface area contributed by atoms with Crippen molar-refractivity contribution in [3.8, 4) is 0 Å². The molecule has 2 N–H and O–H groups in total. The van der Waals surface area contributed by atoms with Gasteiger partial charge in [-0.1, -0.05) is 37.3 Å². The summed E-state index contributed by atoms with van der Waals surface area (Å²) < 4.78 is 10.7. The van der Waals surface area contributed by atoms with E-state index in [4.69, 9.17) is 9.47 Å². The molecular weight excluding hydrogens is 338 g/mol. The molecule has 0 aliphatic rings. The van der Waals surface area contributed by atoms with Gasteiger partial charge in [-0.25, -0.2) is 4.79 Å². The summed E-state index contributed by atoms with van der Waals surface area (Å²) in [7, 11) is 0. The lowest BCUT2D eigenvalue weighted by atomic mass is 9.96. The number of ketones is 1. The number of carbonyl (C=O) groups excluding carboxylic acids is 2. The highest BCUT2D eigenvalue weighted by Gasteiger charge is 2.33. The Bertz CT molecular complexity index is 608. The number of hydrogen-bond acceptors (Lipinski definition) is 5. The number of carboxylic acids is 1. The lowest BCUT2D eigenvalue weighted by Crippen LogP contribution is -2.49. The highest BCUT2D eigenvalue weighted by molar-refractivity contribution is 6.02. The van der Waals surface area contributed by atoms with Crippen LogP contribution in [0.15, 0.2) is 30.3 Å². The minimum Gasteiger partial charge on any atom is -0.481 e. The fraction of sp³-hybridized carbons (Fsp3) is 0.526. The number of amides is 1. The van der Waals surface area contributed by atoms with Gasteiger partial charge in [-0.3, -0.25) is 9.59 Å². The first-order valence-corrected chi connectivity index (χ1v) is 8.51. The standard InChI is InChI=1S/C19H27NO6/c1-5-14(17(22)23)16(21)15(12-26-19(2,3)4)20-18(24)25-11-13-9-7-6-8-10-13/h6-10,14-15H,5,11-12H2,1-4H3,(H,20,24)(H,22,23)/t14?,15-/m0/s1. The molecule has 144 valence electrons. The predicted molar refractivity (Wildman–Crippen MR) is 95.7 cm³/mol. The summed E-state index contributed by atoms with van der Waals surface area (Å²) in [5.41, 5.74) is 0.257. The maximum Gasteiger partial charge on any atom is 0.408 e. The van der Waals surface area contributed by atoms with E-state index in [2.05, 4.69) is 5.32 Å². The minimum atomic E-state index is -1.22. The lowest BCUT2D eigenvalue weighted by molar-refractivity contribution is -0.147. The number of alkyl carbamates (subject to hydrolysis) is 1. The van der Waals surface area contributed by atoms with Crippen LogP contribution < -0.4 is 5.32 Å². The first-order valence-electron chi connectivity index (χ1n) is 8.51. The molecule has 1 aromatic rings. The summed E-state index contributed by atoms with van der Waals surface area (Å²) in [6.07, 6.45) is -0.675. The Balaban J connectivity index is 2.75. The molecule has 0 bridgehead atoms. The van der Waals surface area contributed by atoms with Gasteiger partial charge in [0, 0.05) is 0 Å². The topological polar surface area (TPSA) is 102 Å². The fourth-order valence-electron chi connectivity index (χ4n) is 2.18. The van der Waals surface area contributed by atoms with Crippen LogP contribution in [0.4, 0.5) is 4.79 Å². The number of nitrogens with one attached hydrogen (secondary N) is 1. The number of carbonyl (C=O) groups is 3. The highest BCUT2D eigenvalue weighted by Crippen LogP contribution is 2.12. The normalized spacial score (nSPS) is 13.5. The smallest absolute Gasteiger partial charge is 0.408 e. The third-order valence-electron chi connectivity index (χ3n) is 3.58. The van der Waals surface area contributed by atoms with Crippen LogP contribution in [-0.4, -0.2) is 41.2 Å². The van der Waals surface area contributed by atoms with Crippen LogP contribution >= 0.6 is 0 Å². The van der Waals surface area contributed by atoms with Gasteiger partial charge in [0.2, 0.25) is 0 Å². The molecule has 0 fully saturated rings. The van der Waals surface area contributed by atoms with E-state index in [0.717, 1.165) is 5.56 Å². The quantitative estimate of drug-likeness (QED) is 0.653. The monoisotopic (exact) mass is 365 g/mol. The summed E-state index contributed by atoms with van der Waals surface area (Å²) in [6, 6.07) is 7.99. The molecule has 0 saturated heterocycles. The van der Waals surface area contributed by atoms with E-state index in [9.17, 15) is 19.5 Å². The number of aliphatic carboxylic acids is 1. The Morgan fingerprint density at radius 1 is 1.15 bits per heavy atom. The Morgan fingerprint density at radius 2 is 1.77 bits per heavy atom. The van der Waals surface area contributed by atoms with Crippen molar-refractivity contribution < 1.29 is 29.0 Å². The largest absolute Gasteiger partial charge is 0.481 e. The van der Waals surface area contributed by atoms with Gasteiger partial charge >= 0.3 is 12.1 Å². The number of benzene rings is 1. The van der Waals surface area contributed by atoms with Gasteiger partial charge in [0.25, 0.3) is 0 Å². The molecule has 0 aliphatic carbocycles. The van der Waals surface area contributed by atoms with Crippen LogP contribution in [0.3, 0.4) is 0 Å². The second kappa shape index (κ2) is 9.91. The molecule has 0 aliphatic heterocycles. The SMILES string of the molecule is CCC(C(=O)O)C(=O)[C@H](COC(C)(C)C)NC(=O)OCc1ccccc1. The Labute approximate surface area is 153 Å². The first kappa shape index (κ1) is 21.6. The van der Waals surface area contributed by atoms with E-state index < -0.39 is 35.4 Å². The minimum absolute atomic E-state index is 0.0455. The molecule has 0 radical (unpaired) electrons. The highest BCUT2D eigenvalue weighted by atomic mass is 16.5. The van der Waals surface area contributed by atoms with E-state index >= 15 is 0 Å². The average Bonchev–Trinajstić information content (AvgIpc) is 2.57. The second-order valence-corrected chi connectivity index (χ2v) is 6.88. The third kappa shape index (κ3) is 7.65. The average molecular weight is 365 g/mol. The maximum atomic E-state index is 12.5. The van der Waals surface area contributed by atoms with Gasteiger partial charge in [-0.15, -0.1) is 0 Å². The number of carboxylic acid groups (broad SMARTS) is 1. The van der Waals surface area contributed by atoms with E-state index in [1.165, 1.54) is 0 Å². The Morgan fingerprint density at radius 3 is 2.27 bits per heavy atom. The van der Waals surface area contributed by atoms with Crippen LogP contribution in [0.1, 0.15) is 39.7 Å².